The highest BCUT2D eigenvalue weighted by Gasteiger charge is 2.43. The number of hydrogen-bond donors (Lipinski definition) is 2. The van der Waals surface area contributed by atoms with Crippen molar-refractivity contribution in [1.29, 1.82) is 0 Å². The summed E-state index contributed by atoms with van der Waals surface area (Å²) < 4.78 is 1.88. The normalized spacial score (nSPS) is 20.9. The van der Waals surface area contributed by atoms with Crippen molar-refractivity contribution >= 4 is 6.03 Å². The van der Waals surface area contributed by atoms with Gasteiger partial charge in [-0.15, -0.1) is 0 Å². The molecule has 2 N–H and O–H groups in total. The van der Waals surface area contributed by atoms with E-state index in [4.69, 9.17) is 0 Å². The highest BCUT2D eigenvalue weighted by Crippen LogP contribution is 2.34. The van der Waals surface area contributed by atoms with Crippen molar-refractivity contribution in [2.24, 2.45) is 13.0 Å². The molecule has 1 fully saturated rings. The van der Waals surface area contributed by atoms with E-state index in [1.165, 1.54) is 5.56 Å². The molecule has 6 nitrogen and oxygen atoms in total. The molecule has 24 heavy (non-hydrogen) atoms. The van der Waals surface area contributed by atoms with Crippen molar-refractivity contribution in [2.75, 3.05) is 19.7 Å². The molecule has 1 atom stereocenters. The zero-order valence-corrected chi connectivity index (χ0v) is 15.7. The number of aromatic nitrogens is 2. The molecule has 0 aromatic carbocycles. The average molecular weight is 336 g/mol. The second kappa shape index (κ2) is 7.55. The van der Waals surface area contributed by atoms with Gasteiger partial charge in [0.05, 0.1) is 17.8 Å². The Morgan fingerprint density at radius 3 is 2.67 bits per heavy atom. The maximum Gasteiger partial charge on any atom is 0.317 e. The van der Waals surface area contributed by atoms with Crippen LogP contribution in [0.5, 0.6) is 0 Å². The SMILES string of the molecule is Cc1nn(C)c(C)c1CCNC(=O)N1CCC[C@]1(CO)CC(C)C. The minimum absolute atomic E-state index is 0.0411. The van der Waals surface area contributed by atoms with Crippen LogP contribution in [0.1, 0.15) is 50.1 Å². The van der Waals surface area contributed by atoms with Crippen molar-refractivity contribution in [3.8, 4) is 0 Å². The van der Waals surface area contributed by atoms with Gasteiger partial charge in [-0.2, -0.15) is 5.10 Å². The van der Waals surface area contributed by atoms with Crippen LogP contribution in [0.25, 0.3) is 0 Å². The highest BCUT2D eigenvalue weighted by atomic mass is 16.3. The number of rotatable bonds is 6. The predicted molar refractivity (Wildman–Crippen MR) is 95.0 cm³/mol. The zero-order chi connectivity index (χ0) is 17.9. The molecule has 136 valence electrons. The number of aliphatic hydroxyl groups is 1. The summed E-state index contributed by atoms with van der Waals surface area (Å²) in [6, 6.07) is -0.0543. The molecule has 1 aromatic heterocycles. The molecule has 0 radical (unpaired) electrons. The Morgan fingerprint density at radius 1 is 1.42 bits per heavy atom. The van der Waals surface area contributed by atoms with Crippen LogP contribution in [-0.2, 0) is 13.5 Å². The van der Waals surface area contributed by atoms with Crippen molar-refractivity contribution in [2.45, 2.75) is 58.9 Å². The van der Waals surface area contributed by atoms with E-state index in [1.54, 1.807) is 0 Å². The van der Waals surface area contributed by atoms with Crippen molar-refractivity contribution < 1.29 is 9.90 Å². The van der Waals surface area contributed by atoms with E-state index < -0.39 is 5.54 Å². The van der Waals surface area contributed by atoms with Crippen LogP contribution in [-0.4, -0.2) is 51.1 Å². The van der Waals surface area contributed by atoms with Crippen LogP contribution < -0.4 is 5.32 Å². The topological polar surface area (TPSA) is 70.4 Å². The predicted octanol–water partition coefficient (Wildman–Crippen LogP) is 2.16. The number of aryl methyl sites for hydroxylation is 2. The number of urea groups is 1. The Kier molecular flexibility index (Phi) is 5.91. The molecule has 2 rings (SSSR count). The Morgan fingerprint density at radius 2 is 2.12 bits per heavy atom. The van der Waals surface area contributed by atoms with E-state index in [-0.39, 0.29) is 12.6 Å². The van der Waals surface area contributed by atoms with Crippen LogP contribution in [0.3, 0.4) is 0 Å². The maximum absolute atomic E-state index is 12.6. The molecule has 0 saturated carbocycles. The summed E-state index contributed by atoms with van der Waals surface area (Å²) in [4.78, 5) is 14.5. The Labute approximate surface area is 145 Å². The van der Waals surface area contributed by atoms with Gasteiger partial charge in [0.15, 0.2) is 0 Å². The number of aliphatic hydroxyl groups excluding tert-OH is 1. The third-order valence-corrected chi connectivity index (χ3v) is 5.23. The molecule has 0 aliphatic carbocycles. The number of nitrogens with one attached hydrogen (secondary N) is 1. The van der Waals surface area contributed by atoms with Gasteiger partial charge in [-0.05, 0) is 51.0 Å². The largest absolute Gasteiger partial charge is 0.394 e. The van der Waals surface area contributed by atoms with E-state index in [0.717, 1.165) is 43.6 Å². The van der Waals surface area contributed by atoms with Gasteiger partial charge < -0.3 is 15.3 Å². The van der Waals surface area contributed by atoms with Crippen LogP contribution in [0, 0.1) is 19.8 Å². The van der Waals surface area contributed by atoms with E-state index in [0.29, 0.717) is 12.5 Å². The Balaban J connectivity index is 1.96. The fourth-order valence-electron chi connectivity index (χ4n) is 4.03. The lowest BCUT2D eigenvalue weighted by atomic mass is 9.87. The molecule has 0 spiro atoms. The van der Waals surface area contributed by atoms with Gasteiger partial charge in [-0.1, -0.05) is 13.8 Å². The van der Waals surface area contributed by atoms with Gasteiger partial charge in [-0.3, -0.25) is 4.68 Å². The van der Waals surface area contributed by atoms with E-state index >= 15 is 0 Å². The number of carbonyl (C=O) groups is 1. The van der Waals surface area contributed by atoms with E-state index in [1.807, 2.05) is 23.6 Å². The minimum atomic E-state index is -0.390. The lowest BCUT2D eigenvalue weighted by Crippen LogP contribution is -2.54. The van der Waals surface area contributed by atoms with Gasteiger partial charge >= 0.3 is 6.03 Å². The summed E-state index contributed by atoms with van der Waals surface area (Å²) in [7, 11) is 1.94. The first kappa shape index (κ1) is 18.8. The molecule has 0 bridgehead atoms. The lowest BCUT2D eigenvalue weighted by Gasteiger charge is -2.38. The second-order valence-electron chi connectivity index (χ2n) is 7.49. The molecule has 1 aliphatic rings. The molecule has 2 amide bonds. The average Bonchev–Trinajstić information content (AvgIpc) is 3.03. The molecule has 0 unspecified atom stereocenters. The lowest BCUT2D eigenvalue weighted by molar-refractivity contribution is 0.0677. The third-order valence-electron chi connectivity index (χ3n) is 5.23. The minimum Gasteiger partial charge on any atom is -0.394 e. The zero-order valence-electron chi connectivity index (χ0n) is 15.7. The first-order chi connectivity index (χ1) is 11.3. The van der Waals surface area contributed by atoms with Gasteiger partial charge in [0, 0.05) is 25.8 Å². The summed E-state index contributed by atoms with van der Waals surface area (Å²) in [6.45, 7) is 9.69. The first-order valence-corrected chi connectivity index (χ1v) is 8.96. The van der Waals surface area contributed by atoms with Crippen LogP contribution in [0.15, 0.2) is 0 Å². The van der Waals surface area contributed by atoms with Gasteiger partial charge in [-0.25, -0.2) is 4.79 Å². The molecular formula is C18H32N4O2. The van der Waals surface area contributed by atoms with E-state index in [9.17, 15) is 9.90 Å². The number of hydrogen-bond acceptors (Lipinski definition) is 3. The fraction of sp³-hybridized carbons (Fsp3) is 0.778. The highest BCUT2D eigenvalue weighted by molar-refractivity contribution is 5.75. The van der Waals surface area contributed by atoms with Crippen LogP contribution in [0.4, 0.5) is 4.79 Å². The Hall–Kier alpha value is -1.56. The van der Waals surface area contributed by atoms with Gasteiger partial charge in [0.1, 0.15) is 0 Å². The summed E-state index contributed by atoms with van der Waals surface area (Å²) in [5, 5.41) is 17.4. The first-order valence-electron chi connectivity index (χ1n) is 8.96. The second-order valence-corrected chi connectivity index (χ2v) is 7.49. The third kappa shape index (κ3) is 3.74. The smallest absolute Gasteiger partial charge is 0.317 e. The summed E-state index contributed by atoms with van der Waals surface area (Å²) >= 11 is 0. The molecule has 1 aromatic rings. The molecule has 2 heterocycles. The van der Waals surface area contributed by atoms with Crippen LogP contribution in [0.2, 0.25) is 0 Å². The van der Waals surface area contributed by atoms with Gasteiger partial charge in [0.25, 0.3) is 0 Å². The molecule has 1 saturated heterocycles. The van der Waals surface area contributed by atoms with Crippen molar-refractivity contribution in [3.63, 3.8) is 0 Å². The molecule has 6 heteroatoms. The van der Waals surface area contributed by atoms with Crippen molar-refractivity contribution in [3.05, 3.63) is 17.0 Å². The van der Waals surface area contributed by atoms with Crippen molar-refractivity contribution in [1.82, 2.24) is 20.0 Å². The fourth-order valence-corrected chi connectivity index (χ4v) is 4.03. The maximum atomic E-state index is 12.6. The molecular weight excluding hydrogens is 304 g/mol. The number of likely N-dealkylation sites (tertiary alicyclic amines) is 1. The Bertz CT molecular complexity index is 582. The number of amides is 2. The number of nitrogens with zero attached hydrogens (tertiary/aromatic N) is 3. The summed E-state index contributed by atoms with van der Waals surface area (Å²) in [6.07, 6.45) is 3.47. The monoisotopic (exact) mass is 336 g/mol. The molecule has 1 aliphatic heterocycles. The quantitative estimate of drug-likeness (QED) is 0.836. The van der Waals surface area contributed by atoms with E-state index in [2.05, 4.69) is 31.2 Å². The summed E-state index contributed by atoms with van der Waals surface area (Å²) in [5.41, 5.74) is 2.98. The van der Waals surface area contributed by atoms with Crippen LogP contribution >= 0.6 is 0 Å². The number of carbonyl (C=O) groups excluding carboxylic acids is 1. The van der Waals surface area contributed by atoms with Gasteiger partial charge in [0.2, 0.25) is 0 Å². The summed E-state index contributed by atoms with van der Waals surface area (Å²) in [5.74, 6) is 0.450. The standard InChI is InChI=1S/C18H32N4O2/c1-13(2)11-18(12-23)8-6-10-22(18)17(24)19-9-7-16-14(3)20-21(5)15(16)4/h13,23H,6-12H2,1-5H3,(H,19,24)/t18-/m1/s1.